The molecular weight excluding hydrogens is 264 g/mol. The molecule has 5 nitrogen and oxygen atoms in total. The molecule has 0 saturated carbocycles. The van der Waals surface area contributed by atoms with Crippen LogP contribution in [0.25, 0.3) is 10.9 Å². The number of benzene rings is 1. The van der Waals surface area contributed by atoms with Crippen LogP contribution in [0, 0.1) is 0 Å². The molecule has 21 heavy (non-hydrogen) atoms. The average molecular weight is 280 g/mol. The van der Waals surface area contributed by atoms with E-state index in [4.69, 9.17) is 10.5 Å². The van der Waals surface area contributed by atoms with Crippen molar-refractivity contribution in [3.63, 3.8) is 0 Å². The number of ether oxygens (including phenoxy) is 1. The number of nitrogens with one attached hydrogen (secondary N) is 1. The summed E-state index contributed by atoms with van der Waals surface area (Å²) in [6, 6.07) is 11.6. The SMILES string of the molecule is COc1cc(CNc2ccc3ncccc3c2N)ccn1. The number of nitrogens with zero attached hydrogens (tertiary/aromatic N) is 2. The summed E-state index contributed by atoms with van der Waals surface area (Å²) < 4.78 is 5.12. The first kappa shape index (κ1) is 13.2. The number of rotatable bonds is 4. The first-order valence-corrected chi connectivity index (χ1v) is 6.64. The predicted molar refractivity (Wildman–Crippen MR) is 84.3 cm³/mol. The Balaban J connectivity index is 1.83. The fraction of sp³-hybridized carbons (Fsp3) is 0.125. The maximum atomic E-state index is 6.20. The molecule has 0 spiro atoms. The fourth-order valence-electron chi connectivity index (χ4n) is 2.20. The van der Waals surface area contributed by atoms with Crippen molar-refractivity contribution < 1.29 is 4.74 Å². The van der Waals surface area contributed by atoms with Gasteiger partial charge in [-0.15, -0.1) is 0 Å². The molecule has 0 atom stereocenters. The van der Waals surface area contributed by atoms with Crippen LogP contribution < -0.4 is 15.8 Å². The van der Waals surface area contributed by atoms with Gasteiger partial charge < -0.3 is 15.8 Å². The third kappa shape index (κ3) is 2.72. The molecule has 2 aromatic heterocycles. The average Bonchev–Trinajstić information content (AvgIpc) is 2.55. The monoisotopic (exact) mass is 280 g/mol. The Bertz CT molecular complexity index is 773. The molecule has 0 saturated heterocycles. The zero-order valence-corrected chi connectivity index (χ0v) is 11.7. The summed E-state index contributed by atoms with van der Waals surface area (Å²) in [5.74, 6) is 0.602. The van der Waals surface area contributed by atoms with Gasteiger partial charge in [-0.1, -0.05) is 0 Å². The molecule has 0 fully saturated rings. The maximum absolute atomic E-state index is 6.20. The lowest BCUT2D eigenvalue weighted by Gasteiger charge is -2.11. The maximum Gasteiger partial charge on any atom is 0.213 e. The third-order valence-electron chi connectivity index (χ3n) is 3.32. The molecule has 0 aliphatic rings. The number of fused-ring (bicyclic) bond motifs is 1. The van der Waals surface area contributed by atoms with Crippen LogP contribution in [0.15, 0.2) is 48.8 Å². The van der Waals surface area contributed by atoms with Crippen molar-refractivity contribution in [1.29, 1.82) is 0 Å². The van der Waals surface area contributed by atoms with Crippen LogP contribution in [0.4, 0.5) is 11.4 Å². The van der Waals surface area contributed by atoms with Gasteiger partial charge in [-0.05, 0) is 35.9 Å². The minimum Gasteiger partial charge on any atom is -0.481 e. The van der Waals surface area contributed by atoms with Gasteiger partial charge in [0.25, 0.3) is 0 Å². The van der Waals surface area contributed by atoms with Crippen LogP contribution >= 0.6 is 0 Å². The lowest BCUT2D eigenvalue weighted by atomic mass is 10.1. The Labute approximate surface area is 122 Å². The quantitative estimate of drug-likeness (QED) is 0.719. The van der Waals surface area contributed by atoms with Crippen molar-refractivity contribution in [3.8, 4) is 5.88 Å². The van der Waals surface area contributed by atoms with Crippen LogP contribution in [0.3, 0.4) is 0 Å². The number of nitrogen functional groups attached to an aromatic ring is 1. The molecule has 0 aliphatic heterocycles. The Morgan fingerprint density at radius 2 is 2.05 bits per heavy atom. The van der Waals surface area contributed by atoms with E-state index < -0.39 is 0 Å². The van der Waals surface area contributed by atoms with E-state index in [0.29, 0.717) is 18.1 Å². The van der Waals surface area contributed by atoms with E-state index in [1.807, 2.05) is 36.4 Å². The van der Waals surface area contributed by atoms with Crippen LogP contribution in [-0.2, 0) is 6.54 Å². The molecule has 0 aliphatic carbocycles. The van der Waals surface area contributed by atoms with Crippen LogP contribution in [0.2, 0.25) is 0 Å². The van der Waals surface area contributed by atoms with E-state index in [1.165, 1.54) is 0 Å². The van der Waals surface area contributed by atoms with Gasteiger partial charge in [0.15, 0.2) is 0 Å². The van der Waals surface area contributed by atoms with Crippen molar-refractivity contribution in [1.82, 2.24) is 9.97 Å². The minimum absolute atomic E-state index is 0.602. The number of aromatic nitrogens is 2. The summed E-state index contributed by atoms with van der Waals surface area (Å²) in [6.45, 7) is 0.648. The molecule has 2 heterocycles. The zero-order chi connectivity index (χ0) is 14.7. The summed E-state index contributed by atoms with van der Waals surface area (Å²) in [4.78, 5) is 8.38. The predicted octanol–water partition coefficient (Wildman–Crippen LogP) is 2.83. The van der Waals surface area contributed by atoms with E-state index in [9.17, 15) is 0 Å². The second-order valence-corrected chi connectivity index (χ2v) is 4.66. The van der Waals surface area contributed by atoms with Gasteiger partial charge in [0.2, 0.25) is 5.88 Å². The highest BCUT2D eigenvalue weighted by Crippen LogP contribution is 2.27. The van der Waals surface area contributed by atoms with Crippen molar-refractivity contribution in [2.24, 2.45) is 0 Å². The van der Waals surface area contributed by atoms with E-state index in [2.05, 4.69) is 15.3 Å². The second kappa shape index (κ2) is 5.66. The van der Waals surface area contributed by atoms with E-state index in [1.54, 1.807) is 19.5 Å². The number of anilines is 2. The van der Waals surface area contributed by atoms with Gasteiger partial charge in [0.05, 0.1) is 24.0 Å². The fourth-order valence-corrected chi connectivity index (χ4v) is 2.20. The number of hydrogen-bond acceptors (Lipinski definition) is 5. The molecule has 1 aromatic carbocycles. The first-order valence-electron chi connectivity index (χ1n) is 6.64. The van der Waals surface area contributed by atoms with Crippen molar-refractivity contribution in [2.45, 2.75) is 6.54 Å². The van der Waals surface area contributed by atoms with Crippen LogP contribution in [-0.4, -0.2) is 17.1 Å². The Morgan fingerprint density at radius 3 is 2.90 bits per heavy atom. The van der Waals surface area contributed by atoms with E-state index in [-0.39, 0.29) is 0 Å². The summed E-state index contributed by atoms with van der Waals surface area (Å²) >= 11 is 0. The molecule has 0 amide bonds. The van der Waals surface area contributed by atoms with Crippen molar-refractivity contribution >= 4 is 22.3 Å². The largest absolute Gasteiger partial charge is 0.481 e. The zero-order valence-electron chi connectivity index (χ0n) is 11.7. The highest BCUT2D eigenvalue weighted by atomic mass is 16.5. The Morgan fingerprint density at radius 1 is 1.14 bits per heavy atom. The van der Waals surface area contributed by atoms with E-state index in [0.717, 1.165) is 22.2 Å². The van der Waals surface area contributed by atoms with Crippen molar-refractivity contribution in [3.05, 3.63) is 54.4 Å². The number of pyridine rings is 2. The summed E-state index contributed by atoms with van der Waals surface area (Å²) in [6.07, 6.45) is 3.49. The summed E-state index contributed by atoms with van der Waals surface area (Å²) in [5.41, 5.74) is 9.78. The van der Waals surface area contributed by atoms with Crippen LogP contribution in [0.1, 0.15) is 5.56 Å². The van der Waals surface area contributed by atoms with E-state index >= 15 is 0 Å². The smallest absolute Gasteiger partial charge is 0.213 e. The number of hydrogen-bond donors (Lipinski definition) is 2. The second-order valence-electron chi connectivity index (χ2n) is 4.66. The summed E-state index contributed by atoms with van der Waals surface area (Å²) in [5, 5.41) is 4.29. The summed E-state index contributed by atoms with van der Waals surface area (Å²) in [7, 11) is 1.61. The molecular formula is C16H16N4O. The molecule has 3 N–H and O–H groups in total. The molecule has 106 valence electrons. The molecule has 3 rings (SSSR count). The van der Waals surface area contributed by atoms with Gasteiger partial charge in [-0.25, -0.2) is 4.98 Å². The minimum atomic E-state index is 0.602. The molecule has 3 aromatic rings. The standard InChI is InChI=1S/C16H16N4O/c1-21-15-9-11(6-8-19-15)10-20-14-5-4-13-12(16(14)17)3-2-7-18-13/h2-9,20H,10,17H2,1H3. The lowest BCUT2D eigenvalue weighted by Crippen LogP contribution is -2.03. The highest BCUT2D eigenvalue weighted by molar-refractivity contribution is 5.96. The van der Waals surface area contributed by atoms with Gasteiger partial charge in [0.1, 0.15) is 0 Å². The molecule has 0 bridgehead atoms. The normalized spacial score (nSPS) is 10.5. The van der Waals surface area contributed by atoms with Crippen LogP contribution in [0.5, 0.6) is 5.88 Å². The molecule has 5 heteroatoms. The highest BCUT2D eigenvalue weighted by Gasteiger charge is 2.05. The van der Waals surface area contributed by atoms with Gasteiger partial charge >= 0.3 is 0 Å². The molecule has 0 radical (unpaired) electrons. The number of methoxy groups -OCH3 is 1. The van der Waals surface area contributed by atoms with Gasteiger partial charge in [-0.2, -0.15) is 0 Å². The Hall–Kier alpha value is -2.82. The number of nitrogens with two attached hydrogens (primary N) is 1. The van der Waals surface area contributed by atoms with Gasteiger partial charge in [0, 0.05) is 30.4 Å². The third-order valence-corrected chi connectivity index (χ3v) is 3.32. The lowest BCUT2D eigenvalue weighted by molar-refractivity contribution is 0.397. The topological polar surface area (TPSA) is 73.1 Å². The molecule has 0 unspecified atom stereocenters. The first-order chi connectivity index (χ1) is 10.3. The Kier molecular flexibility index (Phi) is 3.55. The van der Waals surface area contributed by atoms with Crippen molar-refractivity contribution in [2.75, 3.05) is 18.2 Å². The van der Waals surface area contributed by atoms with Gasteiger partial charge in [-0.3, -0.25) is 4.98 Å².